The molecule has 0 spiro atoms. The number of carbonyl (C=O) groups is 5. The maximum absolute atomic E-state index is 12.6. The molecule has 0 bridgehead atoms. The molecule has 2 saturated heterocycles. The molecule has 10 heteroatoms. The Labute approximate surface area is 187 Å². The van der Waals surface area contributed by atoms with Crippen molar-refractivity contribution in [3.05, 3.63) is 0 Å². The fraction of sp³-hybridized carbons (Fsp3) is 0.773. The molecule has 4 aliphatic rings. The summed E-state index contributed by atoms with van der Waals surface area (Å²) in [4.78, 5) is 62.1. The highest BCUT2D eigenvalue weighted by Gasteiger charge is 2.66. The lowest BCUT2D eigenvalue weighted by Crippen LogP contribution is -2.47. The molecule has 2 aliphatic heterocycles. The molecule has 2 aliphatic carbocycles. The van der Waals surface area contributed by atoms with E-state index in [0.717, 1.165) is 6.54 Å². The smallest absolute Gasteiger partial charge is 0.242 e. The number of piperidine rings is 1. The van der Waals surface area contributed by atoms with Crippen LogP contribution in [0, 0.1) is 29.1 Å². The molecule has 4 rings (SSSR count). The predicted octanol–water partition coefficient (Wildman–Crippen LogP) is -1.25. The summed E-state index contributed by atoms with van der Waals surface area (Å²) < 4.78 is 0. The second-order valence-electron chi connectivity index (χ2n) is 10.3. The fourth-order valence-corrected chi connectivity index (χ4v) is 5.80. The summed E-state index contributed by atoms with van der Waals surface area (Å²) in [7, 11) is 0. The van der Waals surface area contributed by atoms with Gasteiger partial charge in [0.15, 0.2) is 0 Å². The zero-order valence-corrected chi connectivity index (χ0v) is 18.8. The first-order valence-electron chi connectivity index (χ1n) is 11.5. The fourth-order valence-electron chi connectivity index (χ4n) is 5.80. The Morgan fingerprint density at radius 2 is 2.06 bits per heavy atom. The number of amides is 5. The van der Waals surface area contributed by atoms with E-state index in [1.165, 1.54) is 0 Å². The Hall–Kier alpha value is -2.65. The third kappa shape index (κ3) is 4.19. The second-order valence-corrected chi connectivity index (χ2v) is 10.3. The second kappa shape index (κ2) is 8.37. The third-order valence-corrected chi connectivity index (χ3v) is 8.00. The van der Waals surface area contributed by atoms with Crippen LogP contribution in [0.25, 0.3) is 0 Å². The van der Waals surface area contributed by atoms with Gasteiger partial charge >= 0.3 is 0 Å². The quantitative estimate of drug-likeness (QED) is 0.328. The average molecular weight is 448 g/mol. The molecule has 176 valence electrons. The molecule has 7 atom stereocenters. The van der Waals surface area contributed by atoms with Crippen LogP contribution >= 0.6 is 0 Å². The summed E-state index contributed by atoms with van der Waals surface area (Å²) in [5.74, 6) is -0.458. The highest BCUT2D eigenvalue weighted by Crippen LogP contribution is 2.64. The van der Waals surface area contributed by atoms with Crippen molar-refractivity contribution in [1.82, 2.24) is 26.2 Å². The summed E-state index contributed by atoms with van der Waals surface area (Å²) in [5.41, 5.74) is 0.303. The molecule has 0 aromatic rings. The van der Waals surface area contributed by atoms with E-state index in [1.54, 1.807) is 0 Å². The minimum absolute atomic E-state index is 0.0354. The molecule has 10 nitrogen and oxygen atoms in total. The zero-order valence-electron chi connectivity index (χ0n) is 18.8. The molecule has 0 aromatic carbocycles. The van der Waals surface area contributed by atoms with Crippen LogP contribution in [0.1, 0.15) is 40.0 Å². The van der Waals surface area contributed by atoms with Crippen LogP contribution in [0.4, 0.5) is 0 Å². The monoisotopic (exact) mass is 447 g/mol. The average Bonchev–Trinajstić information content (AvgIpc) is 3.48. The first kappa shape index (κ1) is 22.5. The van der Waals surface area contributed by atoms with E-state index in [1.807, 2.05) is 4.90 Å². The van der Waals surface area contributed by atoms with Crippen molar-refractivity contribution in [3.8, 4) is 0 Å². The maximum atomic E-state index is 12.6. The highest BCUT2D eigenvalue weighted by molar-refractivity contribution is 5.90. The number of likely N-dealkylation sites (tertiary alicyclic amines) is 1. The van der Waals surface area contributed by atoms with Crippen molar-refractivity contribution >= 4 is 30.0 Å². The van der Waals surface area contributed by atoms with E-state index in [2.05, 4.69) is 42.0 Å². The van der Waals surface area contributed by atoms with Crippen LogP contribution in [0.15, 0.2) is 0 Å². The summed E-state index contributed by atoms with van der Waals surface area (Å²) >= 11 is 0. The number of nitrogens with zero attached hydrogens (tertiary/aromatic N) is 1. The van der Waals surface area contributed by atoms with Crippen molar-refractivity contribution < 1.29 is 24.0 Å². The van der Waals surface area contributed by atoms with Crippen molar-refractivity contribution in [2.24, 2.45) is 29.1 Å². The van der Waals surface area contributed by atoms with Crippen LogP contribution in [0.2, 0.25) is 0 Å². The van der Waals surface area contributed by atoms with Gasteiger partial charge in [-0.05, 0) is 43.4 Å². The first-order valence-corrected chi connectivity index (χ1v) is 11.5. The van der Waals surface area contributed by atoms with E-state index < -0.39 is 11.9 Å². The summed E-state index contributed by atoms with van der Waals surface area (Å²) in [6, 6.07) is -0.957. The molecule has 0 aromatic heterocycles. The van der Waals surface area contributed by atoms with Crippen LogP contribution in [-0.2, 0) is 24.0 Å². The Balaban J connectivity index is 1.19. The van der Waals surface area contributed by atoms with Gasteiger partial charge in [-0.1, -0.05) is 13.8 Å². The van der Waals surface area contributed by atoms with E-state index >= 15 is 0 Å². The Bertz CT molecular complexity index is 830. The lowest BCUT2D eigenvalue weighted by atomic mass is 9.98. The largest absolute Gasteiger partial charge is 0.356 e. The summed E-state index contributed by atoms with van der Waals surface area (Å²) in [5, 5.41) is 10.7. The van der Waals surface area contributed by atoms with E-state index in [9.17, 15) is 24.0 Å². The van der Waals surface area contributed by atoms with Crippen LogP contribution in [-0.4, -0.2) is 72.7 Å². The minimum atomic E-state index is -0.820. The van der Waals surface area contributed by atoms with E-state index in [0.29, 0.717) is 43.0 Å². The standard InChI is InChI=1S/C22H33N5O5/c1-11-18-14(22(18,2)3)9-27(11)17(29)8-24-20(31)13-7-15(13)26-21(32)16(25-10-28)6-12-4-5-23-19(12)30/h10-16,18H,4-9H2,1-3H3,(H,23,30)(H,24,31)(H,25,28)(H,26,32)/t11-,12?,13?,14+,15?,16?,18?/m1/s1. The molecule has 5 unspecified atom stereocenters. The number of hydrogen-bond acceptors (Lipinski definition) is 5. The van der Waals surface area contributed by atoms with Gasteiger partial charge in [0.25, 0.3) is 0 Å². The Kier molecular flexibility index (Phi) is 5.89. The van der Waals surface area contributed by atoms with Gasteiger partial charge in [0, 0.05) is 31.1 Å². The van der Waals surface area contributed by atoms with Gasteiger partial charge in [-0.15, -0.1) is 0 Å². The molecular weight excluding hydrogens is 414 g/mol. The summed E-state index contributed by atoms with van der Waals surface area (Å²) in [6.07, 6.45) is 1.79. The molecule has 2 saturated carbocycles. The molecular formula is C22H33N5O5. The van der Waals surface area contributed by atoms with Gasteiger partial charge < -0.3 is 26.2 Å². The lowest BCUT2D eigenvalue weighted by Gasteiger charge is -2.28. The molecule has 0 radical (unpaired) electrons. The van der Waals surface area contributed by atoms with Crippen LogP contribution < -0.4 is 21.3 Å². The number of nitrogens with one attached hydrogen (secondary N) is 4. The lowest BCUT2D eigenvalue weighted by molar-refractivity contribution is -0.134. The van der Waals surface area contributed by atoms with Crippen molar-refractivity contribution in [3.63, 3.8) is 0 Å². The van der Waals surface area contributed by atoms with E-state index in [-0.39, 0.29) is 54.6 Å². The van der Waals surface area contributed by atoms with Crippen molar-refractivity contribution in [2.45, 2.75) is 58.2 Å². The normalized spacial score (nSPS) is 34.7. The van der Waals surface area contributed by atoms with Crippen LogP contribution in [0.3, 0.4) is 0 Å². The Morgan fingerprint density at radius 1 is 1.31 bits per heavy atom. The number of fused-ring (bicyclic) bond motifs is 1. The Morgan fingerprint density at radius 3 is 2.66 bits per heavy atom. The molecule has 4 fully saturated rings. The number of hydrogen-bond donors (Lipinski definition) is 4. The van der Waals surface area contributed by atoms with Crippen molar-refractivity contribution in [2.75, 3.05) is 19.6 Å². The number of carbonyl (C=O) groups excluding carboxylic acids is 5. The third-order valence-electron chi connectivity index (χ3n) is 8.00. The number of rotatable bonds is 9. The topological polar surface area (TPSA) is 137 Å². The van der Waals surface area contributed by atoms with Gasteiger partial charge in [0.2, 0.25) is 30.0 Å². The van der Waals surface area contributed by atoms with Crippen molar-refractivity contribution in [1.29, 1.82) is 0 Å². The highest BCUT2D eigenvalue weighted by atomic mass is 16.2. The molecule has 32 heavy (non-hydrogen) atoms. The molecule has 5 amide bonds. The van der Waals surface area contributed by atoms with Gasteiger partial charge in [0.05, 0.1) is 12.5 Å². The van der Waals surface area contributed by atoms with E-state index in [4.69, 9.17) is 0 Å². The van der Waals surface area contributed by atoms with Crippen LogP contribution in [0.5, 0.6) is 0 Å². The van der Waals surface area contributed by atoms with Gasteiger partial charge in [-0.25, -0.2) is 0 Å². The zero-order chi connectivity index (χ0) is 23.2. The van der Waals surface area contributed by atoms with Gasteiger partial charge in [0.1, 0.15) is 6.04 Å². The van der Waals surface area contributed by atoms with Gasteiger partial charge in [-0.2, -0.15) is 0 Å². The first-order chi connectivity index (χ1) is 15.1. The summed E-state index contributed by atoms with van der Waals surface area (Å²) in [6.45, 7) is 7.83. The maximum Gasteiger partial charge on any atom is 0.242 e. The SMILES string of the molecule is C[C@@H]1C2[C@H](CN1C(=O)CNC(=O)C1CC1NC(=O)C(CC1CCNC1=O)NC=O)C2(C)C. The predicted molar refractivity (Wildman–Crippen MR) is 114 cm³/mol. The van der Waals surface area contributed by atoms with Gasteiger partial charge in [-0.3, -0.25) is 24.0 Å². The molecule has 4 N–H and O–H groups in total. The minimum Gasteiger partial charge on any atom is -0.356 e. The molecule has 2 heterocycles.